The van der Waals surface area contributed by atoms with Gasteiger partial charge in [-0.25, -0.2) is 19.5 Å². The second-order valence-corrected chi connectivity index (χ2v) is 5.91. The van der Waals surface area contributed by atoms with Crippen LogP contribution in [-0.2, 0) is 0 Å². The summed E-state index contributed by atoms with van der Waals surface area (Å²) < 4.78 is 39.8. The molecular formula is C15H11ClF3N7. The van der Waals surface area contributed by atoms with Crippen LogP contribution in [0.4, 0.5) is 19.1 Å². The summed E-state index contributed by atoms with van der Waals surface area (Å²) in [5.74, 6) is 0.602. The van der Waals surface area contributed by atoms with E-state index in [1.807, 2.05) is 6.07 Å². The van der Waals surface area contributed by atoms with E-state index in [4.69, 9.17) is 11.6 Å². The highest BCUT2D eigenvalue weighted by molar-refractivity contribution is 6.29. The summed E-state index contributed by atoms with van der Waals surface area (Å²) in [4.78, 5) is 12.4. The van der Waals surface area contributed by atoms with E-state index in [9.17, 15) is 13.2 Å². The Kier molecular flexibility index (Phi) is 3.91. The Morgan fingerprint density at radius 2 is 1.92 bits per heavy atom. The summed E-state index contributed by atoms with van der Waals surface area (Å²) in [7, 11) is 0. The van der Waals surface area contributed by atoms with E-state index in [2.05, 4.69) is 25.4 Å². The van der Waals surface area contributed by atoms with Crippen molar-refractivity contribution in [3.8, 4) is 11.1 Å². The Morgan fingerprint density at radius 3 is 2.73 bits per heavy atom. The Hall–Kier alpha value is -2.88. The molecule has 0 fully saturated rings. The molecule has 0 unspecified atom stereocenters. The van der Waals surface area contributed by atoms with Crippen LogP contribution in [0.15, 0.2) is 37.1 Å². The Morgan fingerprint density at radius 1 is 1.12 bits per heavy atom. The van der Waals surface area contributed by atoms with Gasteiger partial charge in [0.25, 0.3) is 0 Å². The van der Waals surface area contributed by atoms with E-state index in [1.165, 1.54) is 16.9 Å². The van der Waals surface area contributed by atoms with E-state index >= 15 is 0 Å². The third-order valence-corrected chi connectivity index (χ3v) is 4.02. The van der Waals surface area contributed by atoms with E-state index in [0.29, 0.717) is 16.4 Å². The summed E-state index contributed by atoms with van der Waals surface area (Å²) in [6, 6.07) is 1.82. The molecule has 4 heterocycles. The smallest absolute Gasteiger partial charge is 0.353 e. The average Bonchev–Trinajstić information content (AvgIpc) is 3.17. The molecule has 0 radical (unpaired) electrons. The van der Waals surface area contributed by atoms with Crippen LogP contribution in [0.1, 0.15) is 6.42 Å². The van der Waals surface area contributed by atoms with Gasteiger partial charge < -0.3 is 5.32 Å². The lowest BCUT2D eigenvalue weighted by Gasteiger charge is -2.08. The van der Waals surface area contributed by atoms with Gasteiger partial charge in [0.2, 0.25) is 11.7 Å². The fourth-order valence-electron chi connectivity index (χ4n) is 2.53. The van der Waals surface area contributed by atoms with Crippen LogP contribution in [0.25, 0.3) is 22.4 Å². The highest BCUT2D eigenvalue weighted by Crippen LogP contribution is 2.26. The summed E-state index contributed by atoms with van der Waals surface area (Å²) in [6.07, 6.45) is 3.01. The molecule has 0 aliphatic rings. The van der Waals surface area contributed by atoms with Gasteiger partial charge in [0.05, 0.1) is 24.3 Å². The Balaban J connectivity index is 1.63. The molecule has 4 aromatic heterocycles. The van der Waals surface area contributed by atoms with Crippen molar-refractivity contribution in [2.24, 2.45) is 0 Å². The van der Waals surface area contributed by atoms with Gasteiger partial charge in [0.1, 0.15) is 5.15 Å². The fraction of sp³-hybridized carbons (Fsp3) is 0.200. The van der Waals surface area contributed by atoms with Crippen molar-refractivity contribution in [2.75, 3.05) is 11.9 Å². The molecule has 4 aromatic rings. The maximum Gasteiger partial charge on any atom is 0.390 e. The largest absolute Gasteiger partial charge is 0.390 e. The summed E-state index contributed by atoms with van der Waals surface area (Å²) in [5, 5.41) is 7.17. The van der Waals surface area contributed by atoms with Crippen molar-refractivity contribution >= 4 is 28.8 Å². The number of alkyl halides is 3. The molecule has 0 aliphatic heterocycles. The van der Waals surface area contributed by atoms with Crippen molar-refractivity contribution < 1.29 is 13.2 Å². The topological polar surface area (TPSA) is 72.4 Å². The minimum Gasteiger partial charge on any atom is -0.353 e. The number of imidazole rings is 1. The van der Waals surface area contributed by atoms with E-state index < -0.39 is 12.6 Å². The number of halogens is 4. The molecule has 26 heavy (non-hydrogen) atoms. The number of hydrogen-bond acceptors (Lipinski definition) is 5. The van der Waals surface area contributed by atoms with E-state index in [-0.39, 0.29) is 12.5 Å². The molecule has 0 spiro atoms. The third-order valence-electron chi connectivity index (χ3n) is 3.74. The molecule has 0 saturated carbocycles. The first kappa shape index (κ1) is 16.6. The van der Waals surface area contributed by atoms with Crippen LogP contribution in [0, 0.1) is 0 Å². The lowest BCUT2D eigenvalue weighted by Crippen LogP contribution is -2.16. The lowest BCUT2D eigenvalue weighted by atomic mass is 10.1. The van der Waals surface area contributed by atoms with Gasteiger partial charge >= 0.3 is 6.18 Å². The number of hydrogen-bond donors (Lipinski definition) is 1. The molecule has 0 saturated heterocycles. The Labute approximate surface area is 149 Å². The summed E-state index contributed by atoms with van der Waals surface area (Å²) in [5.41, 5.74) is 2.27. The van der Waals surface area contributed by atoms with Crippen LogP contribution in [-0.4, -0.2) is 41.7 Å². The van der Waals surface area contributed by atoms with E-state index in [1.54, 1.807) is 23.0 Å². The zero-order valence-corrected chi connectivity index (χ0v) is 13.8. The molecule has 134 valence electrons. The van der Waals surface area contributed by atoms with Crippen LogP contribution in [0.3, 0.4) is 0 Å². The third kappa shape index (κ3) is 3.15. The maximum absolute atomic E-state index is 12.2. The van der Waals surface area contributed by atoms with Crippen LogP contribution >= 0.6 is 11.6 Å². The minimum absolute atomic E-state index is 0.120. The van der Waals surface area contributed by atoms with Gasteiger partial charge in [-0.05, 0) is 6.07 Å². The molecule has 0 bridgehead atoms. The van der Waals surface area contributed by atoms with Gasteiger partial charge in [-0.1, -0.05) is 11.6 Å². The standard InChI is InChI=1S/C15H11ClF3N7/c16-12-7-23-14-22-5-9(8-25(12)14)10-1-4-26-11(10)6-21-13(24-26)20-3-2-15(17,18)19/h1,4-8H,2-3H2,(H,20,24). The number of nitrogens with one attached hydrogen (secondary N) is 1. The molecule has 0 amide bonds. The molecule has 4 rings (SSSR count). The maximum atomic E-state index is 12.2. The molecule has 0 aromatic carbocycles. The zero-order valence-electron chi connectivity index (χ0n) is 13.1. The van der Waals surface area contributed by atoms with Crippen LogP contribution in [0.5, 0.6) is 0 Å². The summed E-state index contributed by atoms with van der Waals surface area (Å²) >= 11 is 6.07. The summed E-state index contributed by atoms with van der Waals surface area (Å²) in [6.45, 7) is -0.289. The van der Waals surface area contributed by atoms with Crippen molar-refractivity contribution in [1.82, 2.24) is 29.0 Å². The van der Waals surface area contributed by atoms with Crippen molar-refractivity contribution in [3.63, 3.8) is 0 Å². The van der Waals surface area contributed by atoms with Crippen LogP contribution < -0.4 is 5.32 Å². The second kappa shape index (κ2) is 6.13. The zero-order chi connectivity index (χ0) is 18.3. The Bertz CT molecular complexity index is 1090. The first-order valence-electron chi connectivity index (χ1n) is 7.55. The van der Waals surface area contributed by atoms with Crippen molar-refractivity contribution in [3.05, 3.63) is 42.2 Å². The molecule has 0 atom stereocenters. The number of anilines is 1. The molecule has 0 aliphatic carbocycles. The first-order valence-corrected chi connectivity index (χ1v) is 7.92. The predicted octanol–water partition coefficient (Wildman–Crippen LogP) is 3.46. The van der Waals surface area contributed by atoms with Gasteiger partial charge in [-0.2, -0.15) is 13.2 Å². The first-order chi connectivity index (χ1) is 12.4. The monoisotopic (exact) mass is 381 g/mol. The molecule has 7 nitrogen and oxygen atoms in total. The van der Waals surface area contributed by atoms with Crippen molar-refractivity contribution in [2.45, 2.75) is 12.6 Å². The lowest BCUT2D eigenvalue weighted by molar-refractivity contribution is -0.131. The van der Waals surface area contributed by atoms with Crippen LogP contribution in [0.2, 0.25) is 5.15 Å². The number of rotatable bonds is 4. The molecular weight excluding hydrogens is 371 g/mol. The predicted molar refractivity (Wildman–Crippen MR) is 89.1 cm³/mol. The van der Waals surface area contributed by atoms with Gasteiger partial charge in [-0.3, -0.25) is 4.40 Å². The highest BCUT2D eigenvalue weighted by Gasteiger charge is 2.26. The minimum atomic E-state index is -4.22. The number of fused-ring (bicyclic) bond motifs is 2. The van der Waals surface area contributed by atoms with Crippen molar-refractivity contribution in [1.29, 1.82) is 0 Å². The number of nitrogens with zero attached hydrogens (tertiary/aromatic N) is 6. The highest BCUT2D eigenvalue weighted by atomic mass is 35.5. The average molecular weight is 382 g/mol. The number of aromatic nitrogens is 6. The van der Waals surface area contributed by atoms with Gasteiger partial charge in [-0.15, -0.1) is 5.10 Å². The molecule has 11 heteroatoms. The quantitative estimate of drug-likeness (QED) is 0.586. The van der Waals surface area contributed by atoms with Gasteiger partial charge in [0, 0.05) is 36.3 Å². The fourth-order valence-corrected chi connectivity index (χ4v) is 2.70. The second-order valence-electron chi connectivity index (χ2n) is 5.53. The normalized spacial score (nSPS) is 12.2. The van der Waals surface area contributed by atoms with Gasteiger partial charge in [0.15, 0.2) is 0 Å². The SMILES string of the molecule is FC(F)(F)CCNc1ncc2c(-c3cnc4ncc(Cl)n4c3)ccn2n1. The van der Waals surface area contributed by atoms with E-state index in [0.717, 1.165) is 11.1 Å². The molecule has 1 N–H and O–H groups in total.